The minimum Gasteiger partial charge on any atom is -0.375 e. The Labute approximate surface area is 136 Å². The van der Waals surface area contributed by atoms with Crippen LogP contribution in [0.25, 0.3) is 0 Å². The van der Waals surface area contributed by atoms with Gasteiger partial charge < -0.3 is 19.1 Å². The highest BCUT2D eigenvalue weighted by atomic mass is 16.6. The lowest BCUT2D eigenvalue weighted by molar-refractivity contribution is -0.143. The number of hydrogen-bond acceptors (Lipinski definition) is 5. The van der Waals surface area contributed by atoms with Gasteiger partial charge in [0.1, 0.15) is 6.61 Å². The zero-order valence-corrected chi connectivity index (χ0v) is 13.6. The molecule has 6 nitrogen and oxygen atoms in total. The molecule has 1 amide bonds. The fourth-order valence-electron chi connectivity index (χ4n) is 3.41. The molecular weight excluding hydrogens is 296 g/mol. The van der Waals surface area contributed by atoms with E-state index in [4.69, 9.17) is 14.2 Å². The van der Waals surface area contributed by atoms with E-state index in [0.29, 0.717) is 19.8 Å². The summed E-state index contributed by atoms with van der Waals surface area (Å²) in [6.45, 7) is 2.73. The van der Waals surface area contributed by atoms with Crippen molar-refractivity contribution in [1.82, 2.24) is 9.88 Å². The molecule has 23 heavy (non-hydrogen) atoms. The monoisotopic (exact) mass is 320 g/mol. The predicted molar refractivity (Wildman–Crippen MR) is 83.8 cm³/mol. The summed E-state index contributed by atoms with van der Waals surface area (Å²) >= 11 is 0. The van der Waals surface area contributed by atoms with Gasteiger partial charge in [0.25, 0.3) is 0 Å². The SMILES string of the molecule is COCC(=O)N1CCC[C@]2(C[C@H](OCc3ccncc3)CO2)C1. The summed E-state index contributed by atoms with van der Waals surface area (Å²) in [5.41, 5.74) is 0.867. The molecule has 2 fully saturated rings. The van der Waals surface area contributed by atoms with Gasteiger partial charge in [-0.25, -0.2) is 0 Å². The highest BCUT2D eigenvalue weighted by molar-refractivity contribution is 5.77. The lowest BCUT2D eigenvalue weighted by Crippen LogP contribution is -2.51. The maximum absolute atomic E-state index is 12.0. The van der Waals surface area contributed by atoms with Gasteiger partial charge in [0.2, 0.25) is 5.91 Å². The Hall–Kier alpha value is -1.50. The number of carbonyl (C=O) groups is 1. The van der Waals surface area contributed by atoms with Gasteiger partial charge in [0, 0.05) is 39.0 Å². The van der Waals surface area contributed by atoms with Crippen LogP contribution in [0, 0.1) is 0 Å². The number of amides is 1. The molecule has 2 atom stereocenters. The van der Waals surface area contributed by atoms with Crippen molar-refractivity contribution in [3.8, 4) is 0 Å². The van der Waals surface area contributed by atoms with E-state index in [1.165, 1.54) is 0 Å². The van der Waals surface area contributed by atoms with E-state index in [9.17, 15) is 4.79 Å². The smallest absolute Gasteiger partial charge is 0.248 e. The van der Waals surface area contributed by atoms with Crippen LogP contribution in [0.3, 0.4) is 0 Å². The zero-order valence-electron chi connectivity index (χ0n) is 13.6. The summed E-state index contributed by atoms with van der Waals surface area (Å²) < 4.78 is 17.0. The van der Waals surface area contributed by atoms with Gasteiger partial charge in [-0.1, -0.05) is 0 Å². The standard InChI is InChI=1S/C17H24N2O4/c1-21-12-16(20)19-8-2-5-17(13-19)9-15(11-23-17)22-10-14-3-6-18-7-4-14/h3-4,6-7,15H,2,5,8-13H2,1H3/t15-,17-/m0/s1. The molecule has 6 heteroatoms. The van der Waals surface area contributed by atoms with Crippen molar-refractivity contribution in [3.63, 3.8) is 0 Å². The second kappa shape index (κ2) is 7.38. The molecule has 0 aromatic carbocycles. The van der Waals surface area contributed by atoms with Crippen LogP contribution < -0.4 is 0 Å². The Morgan fingerprint density at radius 3 is 3.09 bits per heavy atom. The third-order valence-corrected chi connectivity index (χ3v) is 4.57. The molecule has 0 aliphatic carbocycles. The maximum atomic E-state index is 12.0. The van der Waals surface area contributed by atoms with Crippen molar-refractivity contribution >= 4 is 5.91 Å². The Balaban J connectivity index is 1.52. The van der Waals surface area contributed by atoms with Crippen LogP contribution in [0.2, 0.25) is 0 Å². The van der Waals surface area contributed by atoms with Crippen LogP contribution in [0.15, 0.2) is 24.5 Å². The lowest BCUT2D eigenvalue weighted by Gasteiger charge is -2.39. The molecule has 1 aromatic heterocycles. The summed E-state index contributed by atoms with van der Waals surface area (Å²) in [4.78, 5) is 17.9. The first kappa shape index (κ1) is 16.4. The first-order valence-electron chi connectivity index (χ1n) is 8.12. The molecule has 126 valence electrons. The van der Waals surface area contributed by atoms with Crippen LogP contribution in [0.1, 0.15) is 24.8 Å². The van der Waals surface area contributed by atoms with Gasteiger partial charge in [0.05, 0.1) is 24.9 Å². The summed E-state index contributed by atoms with van der Waals surface area (Å²) in [6.07, 6.45) is 6.42. The van der Waals surface area contributed by atoms with E-state index in [1.807, 2.05) is 17.0 Å². The highest BCUT2D eigenvalue weighted by Crippen LogP contribution is 2.36. The van der Waals surface area contributed by atoms with Gasteiger partial charge in [-0.05, 0) is 30.5 Å². The largest absolute Gasteiger partial charge is 0.375 e. The minimum absolute atomic E-state index is 0.0383. The summed E-state index contributed by atoms with van der Waals surface area (Å²) in [5, 5.41) is 0. The van der Waals surface area contributed by atoms with Crippen molar-refractivity contribution in [3.05, 3.63) is 30.1 Å². The Morgan fingerprint density at radius 1 is 1.48 bits per heavy atom. The third kappa shape index (κ3) is 4.07. The van der Waals surface area contributed by atoms with Gasteiger partial charge >= 0.3 is 0 Å². The van der Waals surface area contributed by atoms with Crippen molar-refractivity contribution in [1.29, 1.82) is 0 Å². The average Bonchev–Trinajstić information content (AvgIpc) is 2.96. The van der Waals surface area contributed by atoms with Gasteiger partial charge in [0.15, 0.2) is 0 Å². The summed E-state index contributed by atoms with van der Waals surface area (Å²) in [6, 6.07) is 3.91. The first-order valence-corrected chi connectivity index (χ1v) is 8.12. The second-order valence-corrected chi connectivity index (χ2v) is 6.34. The van der Waals surface area contributed by atoms with Crippen LogP contribution in [0.5, 0.6) is 0 Å². The van der Waals surface area contributed by atoms with Crippen molar-refractivity contribution < 1.29 is 19.0 Å². The summed E-state index contributed by atoms with van der Waals surface area (Å²) in [7, 11) is 1.55. The molecule has 1 aromatic rings. The van der Waals surface area contributed by atoms with Crippen LogP contribution in [-0.4, -0.2) is 60.9 Å². The number of hydrogen-bond donors (Lipinski definition) is 0. The van der Waals surface area contributed by atoms with E-state index in [-0.39, 0.29) is 24.2 Å². The Kier molecular flexibility index (Phi) is 5.25. The maximum Gasteiger partial charge on any atom is 0.248 e. The molecule has 3 heterocycles. The van der Waals surface area contributed by atoms with Crippen molar-refractivity contribution in [2.45, 2.75) is 37.6 Å². The van der Waals surface area contributed by atoms with Crippen molar-refractivity contribution in [2.75, 3.05) is 33.4 Å². The second-order valence-electron chi connectivity index (χ2n) is 6.34. The number of methoxy groups -OCH3 is 1. The molecular formula is C17H24N2O4. The van der Waals surface area contributed by atoms with E-state index in [0.717, 1.165) is 31.4 Å². The molecule has 2 aliphatic heterocycles. The highest BCUT2D eigenvalue weighted by Gasteiger charge is 2.44. The van der Waals surface area contributed by atoms with Gasteiger partial charge in [-0.15, -0.1) is 0 Å². The third-order valence-electron chi connectivity index (χ3n) is 4.57. The first-order chi connectivity index (χ1) is 11.2. The molecule has 0 bridgehead atoms. The average molecular weight is 320 g/mol. The van der Waals surface area contributed by atoms with Crippen LogP contribution in [0.4, 0.5) is 0 Å². The fraction of sp³-hybridized carbons (Fsp3) is 0.647. The zero-order chi connectivity index (χ0) is 16.1. The number of piperidine rings is 1. The normalized spacial score (nSPS) is 27.5. The van der Waals surface area contributed by atoms with Crippen LogP contribution >= 0.6 is 0 Å². The fourth-order valence-corrected chi connectivity index (χ4v) is 3.41. The quantitative estimate of drug-likeness (QED) is 0.820. The van der Waals surface area contributed by atoms with Gasteiger partial charge in [-0.3, -0.25) is 9.78 Å². The topological polar surface area (TPSA) is 60.9 Å². The molecule has 1 spiro atoms. The van der Waals surface area contributed by atoms with E-state index in [2.05, 4.69) is 4.98 Å². The molecule has 0 N–H and O–H groups in total. The number of likely N-dealkylation sites (tertiary alicyclic amines) is 1. The number of ether oxygens (including phenoxy) is 3. The number of rotatable bonds is 5. The minimum atomic E-state index is -0.245. The number of nitrogens with zero attached hydrogens (tertiary/aromatic N) is 2. The van der Waals surface area contributed by atoms with Crippen molar-refractivity contribution in [2.24, 2.45) is 0 Å². The predicted octanol–water partition coefficient (Wildman–Crippen LogP) is 1.39. The number of aromatic nitrogens is 1. The Morgan fingerprint density at radius 2 is 2.30 bits per heavy atom. The van der Waals surface area contributed by atoms with Crippen LogP contribution in [-0.2, 0) is 25.6 Å². The molecule has 0 unspecified atom stereocenters. The number of carbonyl (C=O) groups excluding carboxylic acids is 1. The molecule has 3 rings (SSSR count). The lowest BCUT2D eigenvalue weighted by atomic mass is 9.89. The van der Waals surface area contributed by atoms with Gasteiger partial charge in [-0.2, -0.15) is 0 Å². The number of pyridine rings is 1. The van der Waals surface area contributed by atoms with E-state index in [1.54, 1.807) is 19.5 Å². The summed E-state index contributed by atoms with van der Waals surface area (Å²) in [5.74, 6) is 0.0383. The molecule has 0 radical (unpaired) electrons. The molecule has 0 saturated carbocycles. The molecule has 2 aliphatic rings. The Bertz CT molecular complexity index is 525. The van der Waals surface area contributed by atoms with E-state index < -0.39 is 0 Å². The van der Waals surface area contributed by atoms with E-state index >= 15 is 0 Å². The molecule has 2 saturated heterocycles.